The number of carbonyl (C=O) groups excluding carboxylic acids is 1. The van der Waals surface area contributed by atoms with Crippen LogP contribution in [-0.4, -0.2) is 42.7 Å². The predicted molar refractivity (Wildman–Crippen MR) is 89.5 cm³/mol. The van der Waals surface area contributed by atoms with E-state index in [4.69, 9.17) is 4.42 Å². The number of nitrogens with zero attached hydrogens (tertiary/aromatic N) is 1. The summed E-state index contributed by atoms with van der Waals surface area (Å²) in [6.45, 7) is 0.556. The Bertz CT molecular complexity index is 973. The number of rotatable bonds is 4. The molecule has 2 fully saturated rings. The quantitative estimate of drug-likeness (QED) is 0.832. The Hall–Kier alpha value is -2.13. The molecule has 1 atom stereocenters. The fraction of sp³-hybridized carbons (Fsp3) is 0.500. The number of H-pyrrole nitrogens is 1. The number of fused-ring (bicyclic) bond motifs is 1. The molecule has 25 heavy (non-hydrogen) atoms. The molecule has 0 bridgehead atoms. The maximum atomic E-state index is 12.9. The first kappa shape index (κ1) is 16.3. The number of aromatic amines is 1. The Balaban J connectivity index is 1.57. The number of piperidine rings is 1. The van der Waals surface area contributed by atoms with Gasteiger partial charge in [0.15, 0.2) is 5.58 Å². The molecular weight excluding hydrogens is 346 g/mol. The van der Waals surface area contributed by atoms with Crippen LogP contribution in [0.4, 0.5) is 0 Å². The van der Waals surface area contributed by atoms with E-state index < -0.39 is 15.8 Å². The monoisotopic (exact) mass is 365 g/mol. The number of nitrogens with one attached hydrogen (secondary N) is 2. The second-order valence-corrected chi connectivity index (χ2v) is 8.60. The van der Waals surface area contributed by atoms with Gasteiger partial charge in [0.2, 0.25) is 15.9 Å². The minimum Gasteiger partial charge on any atom is -0.408 e. The molecule has 2 heterocycles. The molecule has 2 N–H and O–H groups in total. The summed E-state index contributed by atoms with van der Waals surface area (Å²) in [5.74, 6) is -1.01. The van der Waals surface area contributed by atoms with Crippen LogP contribution in [0, 0.1) is 5.92 Å². The van der Waals surface area contributed by atoms with Gasteiger partial charge in [0.1, 0.15) is 0 Å². The average molecular weight is 365 g/mol. The topological polar surface area (TPSA) is 112 Å². The van der Waals surface area contributed by atoms with Gasteiger partial charge >= 0.3 is 5.76 Å². The van der Waals surface area contributed by atoms with Crippen molar-refractivity contribution in [3.05, 3.63) is 28.7 Å². The summed E-state index contributed by atoms with van der Waals surface area (Å²) >= 11 is 0. The van der Waals surface area contributed by atoms with Gasteiger partial charge in [-0.3, -0.25) is 9.78 Å². The molecule has 1 amide bonds. The first-order valence-electron chi connectivity index (χ1n) is 8.37. The molecule has 0 radical (unpaired) electrons. The van der Waals surface area contributed by atoms with Crippen LogP contribution in [0.25, 0.3) is 11.1 Å². The van der Waals surface area contributed by atoms with Crippen LogP contribution < -0.4 is 11.1 Å². The molecule has 4 rings (SSSR count). The maximum Gasteiger partial charge on any atom is 0.417 e. The van der Waals surface area contributed by atoms with E-state index in [1.165, 1.54) is 22.5 Å². The Morgan fingerprint density at radius 3 is 2.84 bits per heavy atom. The molecule has 1 saturated heterocycles. The molecule has 134 valence electrons. The third kappa shape index (κ3) is 3.21. The van der Waals surface area contributed by atoms with E-state index in [-0.39, 0.29) is 34.9 Å². The van der Waals surface area contributed by atoms with E-state index in [1.54, 1.807) is 0 Å². The van der Waals surface area contributed by atoms with Crippen molar-refractivity contribution in [2.24, 2.45) is 5.92 Å². The molecule has 8 nitrogen and oxygen atoms in total. The van der Waals surface area contributed by atoms with Crippen LogP contribution in [0.5, 0.6) is 0 Å². The fourth-order valence-corrected chi connectivity index (χ4v) is 4.70. The third-order valence-electron chi connectivity index (χ3n) is 4.71. The highest BCUT2D eigenvalue weighted by Gasteiger charge is 2.35. The van der Waals surface area contributed by atoms with E-state index >= 15 is 0 Å². The van der Waals surface area contributed by atoms with Crippen molar-refractivity contribution in [3.8, 4) is 0 Å². The standard InChI is InChI=1S/C16H19N3O5S/c20-15(17-11-3-4-11)10-2-1-7-19(9-10)25(22,23)12-5-6-13-14(8-12)24-16(21)18-13/h5-6,8,10-11H,1-4,7,9H2,(H,17,20)(H,18,21)/t10-/m1/s1. The fourth-order valence-electron chi connectivity index (χ4n) is 3.16. The van der Waals surface area contributed by atoms with Crippen molar-refractivity contribution in [2.45, 2.75) is 36.6 Å². The van der Waals surface area contributed by atoms with E-state index in [0.717, 1.165) is 12.8 Å². The first-order valence-corrected chi connectivity index (χ1v) is 9.81. The maximum absolute atomic E-state index is 12.9. The number of hydrogen-bond donors (Lipinski definition) is 2. The molecule has 1 aliphatic carbocycles. The van der Waals surface area contributed by atoms with Gasteiger partial charge < -0.3 is 9.73 Å². The summed E-state index contributed by atoms with van der Waals surface area (Å²) in [6.07, 6.45) is 3.34. The van der Waals surface area contributed by atoms with Crippen LogP contribution in [0.15, 0.2) is 32.3 Å². The summed E-state index contributed by atoms with van der Waals surface area (Å²) in [6, 6.07) is 4.56. The molecule has 9 heteroatoms. The van der Waals surface area contributed by atoms with Gasteiger partial charge in [-0.05, 0) is 37.8 Å². The summed E-state index contributed by atoms with van der Waals surface area (Å²) < 4.78 is 32.1. The zero-order valence-corrected chi connectivity index (χ0v) is 14.3. The number of sulfonamides is 1. The molecular formula is C16H19N3O5S. The highest BCUT2D eigenvalue weighted by atomic mass is 32.2. The zero-order chi connectivity index (χ0) is 17.6. The molecule has 1 aliphatic heterocycles. The van der Waals surface area contributed by atoms with Gasteiger partial charge in [0, 0.05) is 25.2 Å². The second kappa shape index (κ2) is 5.99. The van der Waals surface area contributed by atoms with Gasteiger partial charge in [0.05, 0.1) is 16.3 Å². The number of aromatic nitrogens is 1. The number of benzene rings is 1. The molecule has 0 unspecified atom stereocenters. The van der Waals surface area contributed by atoms with Crippen LogP contribution in [0.3, 0.4) is 0 Å². The highest BCUT2D eigenvalue weighted by Crippen LogP contribution is 2.27. The number of carbonyl (C=O) groups is 1. The minimum absolute atomic E-state index is 0.0607. The lowest BCUT2D eigenvalue weighted by Gasteiger charge is -2.31. The smallest absolute Gasteiger partial charge is 0.408 e. The lowest BCUT2D eigenvalue weighted by molar-refractivity contribution is -0.126. The van der Waals surface area contributed by atoms with Crippen molar-refractivity contribution in [1.82, 2.24) is 14.6 Å². The van der Waals surface area contributed by atoms with Crippen molar-refractivity contribution >= 4 is 27.0 Å². The Morgan fingerprint density at radius 2 is 2.08 bits per heavy atom. The summed E-state index contributed by atoms with van der Waals surface area (Å²) in [4.78, 5) is 26.0. The van der Waals surface area contributed by atoms with Gasteiger partial charge in [-0.1, -0.05) is 0 Å². The highest BCUT2D eigenvalue weighted by molar-refractivity contribution is 7.89. The largest absolute Gasteiger partial charge is 0.417 e. The van der Waals surface area contributed by atoms with Crippen LogP contribution >= 0.6 is 0 Å². The second-order valence-electron chi connectivity index (χ2n) is 6.66. The molecule has 1 aromatic heterocycles. The predicted octanol–water partition coefficient (Wildman–Crippen LogP) is 0.800. The van der Waals surface area contributed by atoms with E-state index in [9.17, 15) is 18.0 Å². The minimum atomic E-state index is -3.75. The molecule has 0 spiro atoms. The molecule has 1 aromatic carbocycles. The molecule has 1 saturated carbocycles. The lowest BCUT2D eigenvalue weighted by Crippen LogP contribution is -2.45. The third-order valence-corrected chi connectivity index (χ3v) is 6.57. The van der Waals surface area contributed by atoms with Crippen molar-refractivity contribution in [2.75, 3.05) is 13.1 Å². The normalized spacial score (nSPS) is 22.2. The SMILES string of the molecule is O=C(NC1CC1)[C@@H]1CCCN(S(=O)(=O)c2ccc3[nH]c(=O)oc3c2)C1. The number of hydrogen-bond acceptors (Lipinski definition) is 5. The lowest BCUT2D eigenvalue weighted by atomic mass is 9.99. The van der Waals surface area contributed by atoms with Crippen molar-refractivity contribution < 1.29 is 17.6 Å². The number of amides is 1. The first-order chi connectivity index (χ1) is 11.9. The summed E-state index contributed by atoms with van der Waals surface area (Å²) in [7, 11) is -3.75. The summed E-state index contributed by atoms with van der Waals surface area (Å²) in [5.41, 5.74) is 0.649. The van der Waals surface area contributed by atoms with Crippen molar-refractivity contribution in [1.29, 1.82) is 0 Å². The average Bonchev–Trinajstić information content (AvgIpc) is 3.32. The van der Waals surface area contributed by atoms with E-state index in [0.29, 0.717) is 24.9 Å². The van der Waals surface area contributed by atoms with Gasteiger partial charge in [-0.25, -0.2) is 13.2 Å². The Labute approximate surface area is 144 Å². The molecule has 2 aliphatic rings. The van der Waals surface area contributed by atoms with Gasteiger partial charge in [-0.2, -0.15) is 4.31 Å². The van der Waals surface area contributed by atoms with Gasteiger partial charge in [0.25, 0.3) is 0 Å². The Morgan fingerprint density at radius 1 is 1.28 bits per heavy atom. The Kier molecular flexibility index (Phi) is 3.92. The van der Waals surface area contributed by atoms with Crippen LogP contribution in [-0.2, 0) is 14.8 Å². The zero-order valence-electron chi connectivity index (χ0n) is 13.5. The van der Waals surface area contributed by atoms with Crippen LogP contribution in [0.1, 0.15) is 25.7 Å². The van der Waals surface area contributed by atoms with E-state index in [1.807, 2.05) is 0 Å². The van der Waals surface area contributed by atoms with E-state index in [2.05, 4.69) is 10.3 Å². The van der Waals surface area contributed by atoms with Crippen LogP contribution in [0.2, 0.25) is 0 Å². The number of oxazole rings is 1. The van der Waals surface area contributed by atoms with Crippen molar-refractivity contribution in [3.63, 3.8) is 0 Å². The molecule has 2 aromatic rings. The summed E-state index contributed by atoms with van der Waals surface area (Å²) in [5, 5.41) is 2.95. The van der Waals surface area contributed by atoms with Gasteiger partial charge in [-0.15, -0.1) is 0 Å².